The van der Waals surface area contributed by atoms with Gasteiger partial charge in [-0.3, -0.25) is 4.90 Å². The van der Waals surface area contributed by atoms with Crippen molar-refractivity contribution in [2.24, 2.45) is 0 Å². The second-order valence-electron chi connectivity index (χ2n) is 4.55. The third kappa shape index (κ3) is 3.48. The fourth-order valence-electron chi connectivity index (χ4n) is 2.24. The van der Waals surface area contributed by atoms with Crippen LogP contribution in [0.3, 0.4) is 0 Å². The van der Waals surface area contributed by atoms with Gasteiger partial charge in [0, 0.05) is 19.1 Å². The molecular weight excluding hydrogens is 220 g/mol. The number of aryl methyl sites for hydroxylation is 1. The van der Waals surface area contributed by atoms with Crippen LogP contribution < -0.4 is 5.32 Å². The topological polar surface area (TPSA) is 15.3 Å². The highest BCUT2D eigenvalue weighted by Gasteiger charge is 2.18. The molecule has 1 aliphatic heterocycles. The number of hydrogen-bond acceptors (Lipinski definition) is 2. The molecule has 16 heavy (non-hydrogen) atoms. The first-order valence-corrected chi connectivity index (χ1v) is 5.72. The first-order valence-electron chi connectivity index (χ1n) is 5.72. The molecule has 2 nitrogen and oxygen atoms in total. The maximum atomic E-state index is 3.41. The number of nitrogens with one attached hydrogen (secondary N) is 1. The van der Waals surface area contributed by atoms with Crippen LogP contribution in [-0.2, 0) is 6.54 Å². The van der Waals surface area contributed by atoms with Gasteiger partial charge < -0.3 is 5.32 Å². The fraction of sp³-hybridized carbons (Fsp3) is 0.538. The molecule has 90 valence electrons. The summed E-state index contributed by atoms with van der Waals surface area (Å²) in [6.07, 6.45) is 1.28. The van der Waals surface area contributed by atoms with Crippen LogP contribution in [0.25, 0.3) is 0 Å². The molecule has 1 unspecified atom stereocenters. The van der Waals surface area contributed by atoms with Crippen molar-refractivity contribution in [3.63, 3.8) is 0 Å². The first kappa shape index (κ1) is 13.5. The van der Waals surface area contributed by atoms with E-state index in [1.807, 2.05) is 0 Å². The molecule has 0 aromatic heterocycles. The summed E-state index contributed by atoms with van der Waals surface area (Å²) in [7, 11) is 2.22. The second kappa shape index (κ2) is 6.24. The van der Waals surface area contributed by atoms with E-state index in [1.165, 1.54) is 24.1 Å². The highest BCUT2D eigenvalue weighted by molar-refractivity contribution is 5.85. The smallest absolute Gasteiger partial charge is 0.0234 e. The Morgan fingerprint density at radius 1 is 1.44 bits per heavy atom. The van der Waals surface area contributed by atoms with Crippen molar-refractivity contribution < 1.29 is 0 Å². The molecule has 1 saturated heterocycles. The maximum absolute atomic E-state index is 3.41. The van der Waals surface area contributed by atoms with Crippen LogP contribution in [-0.4, -0.2) is 31.1 Å². The summed E-state index contributed by atoms with van der Waals surface area (Å²) in [6, 6.07) is 9.50. The molecule has 1 N–H and O–H groups in total. The van der Waals surface area contributed by atoms with Crippen LogP contribution >= 0.6 is 12.4 Å². The number of halogens is 1. The lowest BCUT2D eigenvalue weighted by Crippen LogP contribution is -2.32. The van der Waals surface area contributed by atoms with Crippen LogP contribution in [0.1, 0.15) is 17.5 Å². The van der Waals surface area contributed by atoms with E-state index >= 15 is 0 Å². The van der Waals surface area contributed by atoms with Gasteiger partial charge in [0.1, 0.15) is 0 Å². The molecule has 1 fully saturated rings. The molecule has 1 heterocycles. The lowest BCUT2D eigenvalue weighted by molar-refractivity contribution is 0.249. The summed E-state index contributed by atoms with van der Waals surface area (Å²) < 4.78 is 0. The van der Waals surface area contributed by atoms with Crippen molar-refractivity contribution >= 4 is 12.4 Å². The Hall–Kier alpha value is -0.570. The van der Waals surface area contributed by atoms with Crippen molar-refractivity contribution in [1.29, 1.82) is 0 Å². The first-order chi connectivity index (χ1) is 7.25. The molecule has 0 aliphatic carbocycles. The largest absolute Gasteiger partial charge is 0.315 e. The van der Waals surface area contributed by atoms with Gasteiger partial charge in [-0.1, -0.05) is 29.8 Å². The average Bonchev–Trinajstić information content (AvgIpc) is 2.70. The second-order valence-corrected chi connectivity index (χ2v) is 4.55. The molecule has 3 heteroatoms. The molecule has 1 atom stereocenters. The van der Waals surface area contributed by atoms with Crippen LogP contribution in [0.4, 0.5) is 0 Å². The van der Waals surface area contributed by atoms with Crippen molar-refractivity contribution in [2.45, 2.75) is 25.9 Å². The Morgan fingerprint density at radius 3 is 2.88 bits per heavy atom. The molecule has 0 amide bonds. The Kier molecular flexibility index (Phi) is 5.26. The molecule has 0 radical (unpaired) electrons. The van der Waals surface area contributed by atoms with E-state index in [0.717, 1.165) is 13.1 Å². The summed E-state index contributed by atoms with van der Waals surface area (Å²) in [5, 5.41) is 3.41. The van der Waals surface area contributed by atoms with E-state index in [4.69, 9.17) is 0 Å². The Labute approximate surface area is 104 Å². The fourth-order valence-corrected chi connectivity index (χ4v) is 2.24. The minimum Gasteiger partial charge on any atom is -0.315 e. The van der Waals surface area contributed by atoms with E-state index in [-0.39, 0.29) is 12.4 Å². The summed E-state index contributed by atoms with van der Waals surface area (Å²) in [5.41, 5.74) is 2.77. The number of hydrogen-bond donors (Lipinski definition) is 1. The third-order valence-electron chi connectivity index (χ3n) is 3.17. The van der Waals surface area contributed by atoms with Gasteiger partial charge in [-0.05, 0) is 32.5 Å². The zero-order chi connectivity index (χ0) is 10.7. The normalized spacial score (nSPS) is 19.8. The van der Waals surface area contributed by atoms with Crippen LogP contribution in [0.2, 0.25) is 0 Å². The van der Waals surface area contributed by atoms with Gasteiger partial charge in [0.05, 0.1) is 0 Å². The molecule has 0 bridgehead atoms. The highest BCUT2D eigenvalue weighted by Crippen LogP contribution is 2.12. The molecule has 0 saturated carbocycles. The molecule has 1 aromatic rings. The Balaban J connectivity index is 0.00000128. The average molecular weight is 241 g/mol. The van der Waals surface area contributed by atoms with Crippen LogP contribution in [0.15, 0.2) is 24.3 Å². The minimum atomic E-state index is 0. The predicted molar refractivity (Wildman–Crippen MR) is 71.2 cm³/mol. The molecule has 1 aromatic carbocycles. The predicted octanol–water partition coefficient (Wildman–Crippen LogP) is 2.21. The van der Waals surface area contributed by atoms with Crippen molar-refractivity contribution in [3.05, 3.63) is 35.4 Å². The van der Waals surface area contributed by atoms with Gasteiger partial charge in [-0.25, -0.2) is 0 Å². The summed E-state index contributed by atoms with van der Waals surface area (Å²) in [6.45, 7) is 5.53. The third-order valence-corrected chi connectivity index (χ3v) is 3.17. The SMILES string of the molecule is Cc1cccc(CN(C)C2CCNC2)c1.Cl. The van der Waals surface area contributed by atoms with Gasteiger partial charge in [0.15, 0.2) is 0 Å². The van der Waals surface area contributed by atoms with Gasteiger partial charge in [-0.2, -0.15) is 0 Å². The van der Waals surface area contributed by atoms with Crippen LogP contribution in [0.5, 0.6) is 0 Å². The van der Waals surface area contributed by atoms with E-state index in [9.17, 15) is 0 Å². The van der Waals surface area contributed by atoms with E-state index < -0.39 is 0 Å². The van der Waals surface area contributed by atoms with E-state index in [1.54, 1.807) is 0 Å². The molecule has 0 spiro atoms. The van der Waals surface area contributed by atoms with Gasteiger partial charge in [0.2, 0.25) is 0 Å². The Bertz CT molecular complexity index is 321. The monoisotopic (exact) mass is 240 g/mol. The van der Waals surface area contributed by atoms with Gasteiger partial charge >= 0.3 is 0 Å². The van der Waals surface area contributed by atoms with Crippen LogP contribution in [0, 0.1) is 6.92 Å². The minimum absolute atomic E-state index is 0. The number of likely N-dealkylation sites (N-methyl/N-ethyl adjacent to an activating group) is 1. The standard InChI is InChI=1S/C13H20N2.ClH/c1-11-4-3-5-12(8-11)10-15(2)13-6-7-14-9-13;/h3-5,8,13-14H,6-7,9-10H2,1-2H3;1H. The zero-order valence-electron chi connectivity index (χ0n) is 10.1. The lowest BCUT2D eigenvalue weighted by Gasteiger charge is -2.23. The highest BCUT2D eigenvalue weighted by atomic mass is 35.5. The number of benzene rings is 1. The van der Waals surface area contributed by atoms with E-state index in [0.29, 0.717) is 6.04 Å². The van der Waals surface area contributed by atoms with Gasteiger partial charge in [-0.15, -0.1) is 12.4 Å². The molecule has 1 aliphatic rings. The number of rotatable bonds is 3. The van der Waals surface area contributed by atoms with Gasteiger partial charge in [0.25, 0.3) is 0 Å². The maximum Gasteiger partial charge on any atom is 0.0234 e. The summed E-state index contributed by atoms with van der Waals surface area (Å²) in [5.74, 6) is 0. The van der Waals surface area contributed by atoms with Crippen molar-refractivity contribution in [1.82, 2.24) is 10.2 Å². The number of nitrogens with zero attached hydrogens (tertiary/aromatic N) is 1. The van der Waals surface area contributed by atoms with E-state index in [2.05, 4.69) is 48.5 Å². The quantitative estimate of drug-likeness (QED) is 0.872. The van der Waals surface area contributed by atoms with Crippen molar-refractivity contribution in [3.8, 4) is 0 Å². The summed E-state index contributed by atoms with van der Waals surface area (Å²) in [4.78, 5) is 2.45. The van der Waals surface area contributed by atoms with Crippen molar-refractivity contribution in [2.75, 3.05) is 20.1 Å². The lowest BCUT2D eigenvalue weighted by atomic mass is 10.1. The molecular formula is C13H21ClN2. The molecule has 2 rings (SSSR count). The summed E-state index contributed by atoms with van der Waals surface area (Å²) >= 11 is 0. The Morgan fingerprint density at radius 2 is 2.25 bits per heavy atom. The zero-order valence-corrected chi connectivity index (χ0v) is 10.9.